The number of rotatable bonds is 5. The molecule has 0 aliphatic heterocycles. The monoisotopic (exact) mass is 341 g/mol. The highest BCUT2D eigenvalue weighted by molar-refractivity contribution is 6.28. The Hall–Kier alpha value is -2.66. The van der Waals surface area contributed by atoms with E-state index in [1.807, 2.05) is 55.5 Å². The van der Waals surface area contributed by atoms with Crippen LogP contribution < -0.4 is 9.47 Å². The van der Waals surface area contributed by atoms with Gasteiger partial charge in [0.15, 0.2) is 0 Å². The minimum absolute atomic E-state index is 0.108. The van der Waals surface area contributed by atoms with Crippen molar-refractivity contribution >= 4 is 11.6 Å². The van der Waals surface area contributed by atoms with Crippen LogP contribution in [0.2, 0.25) is 5.28 Å². The molecule has 1 aromatic heterocycles. The zero-order chi connectivity index (χ0) is 16.9. The van der Waals surface area contributed by atoms with E-state index in [2.05, 4.69) is 15.2 Å². The Morgan fingerprint density at radius 3 is 2.00 bits per heavy atom. The Balaban J connectivity index is 2.04. The van der Waals surface area contributed by atoms with Crippen LogP contribution in [0.25, 0.3) is 22.5 Å². The van der Waals surface area contributed by atoms with Gasteiger partial charge in [-0.25, -0.2) is 4.98 Å². The van der Waals surface area contributed by atoms with Gasteiger partial charge in [-0.15, -0.1) is 10.2 Å². The van der Waals surface area contributed by atoms with Crippen LogP contribution in [-0.2, 0) is 0 Å². The number of hydrogen-bond donors (Lipinski definition) is 0. The van der Waals surface area contributed by atoms with Gasteiger partial charge in [0.1, 0.15) is 22.9 Å². The molecule has 0 aliphatic rings. The zero-order valence-electron chi connectivity index (χ0n) is 13.4. The van der Waals surface area contributed by atoms with Crippen molar-refractivity contribution in [2.75, 3.05) is 13.7 Å². The van der Waals surface area contributed by atoms with Gasteiger partial charge < -0.3 is 9.47 Å². The molecule has 0 fully saturated rings. The molecule has 0 unspecified atom stereocenters. The fourth-order valence-corrected chi connectivity index (χ4v) is 2.45. The molecule has 0 amide bonds. The second-order valence-electron chi connectivity index (χ2n) is 4.96. The quantitative estimate of drug-likeness (QED) is 0.693. The van der Waals surface area contributed by atoms with E-state index in [4.69, 9.17) is 21.1 Å². The highest BCUT2D eigenvalue weighted by atomic mass is 35.5. The van der Waals surface area contributed by atoms with Crippen LogP contribution in [0.3, 0.4) is 0 Å². The molecule has 5 nitrogen and oxygen atoms in total. The Morgan fingerprint density at radius 1 is 0.833 bits per heavy atom. The molecule has 0 N–H and O–H groups in total. The van der Waals surface area contributed by atoms with E-state index in [0.29, 0.717) is 18.0 Å². The Bertz CT molecular complexity index is 821. The molecule has 3 rings (SSSR count). The molecule has 0 atom stereocenters. The summed E-state index contributed by atoms with van der Waals surface area (Å²) in [7, 11) is 1.63. The lowest BCUT2D eigenvalue weighted by Crippen LogP contribution is -1.98. The van der Waals surface area contributed by atoms with Gasteiger partial charge in [-0.3, -0.25) is 0 Å². The topological polar surface area (TPSA) is 57.1 Å². The van der Waals surface area contributed by atoms with Crippen LogP contribution >= 0.6 is 11.6 Å². The summed E-state index contributed by atoms with van der Waals surface area (Å²) in [6.07, 6.45) is 0. The van der Waals surface area contributed by atoms with E-state index < -0.39 is 0 Å². The number of benzene rings is 2. The first kappa shape index (κ1) is 16.2. The number of aromatic nitrogens is 3. The molecular weight excluding hydrogens is 326 g/mol. The molecule has 0 radical (unpaired) electrons. The zero-order valence-corrected chi connectivity index (χ0v) is 14.1. The molecule has 6 heteroatoms. The summed E-state index contributed by atoms with van der Waals surface area (Å²) in [6.45, 7) is 2.57. The van der Waals surface area contributed by atoms with Crippen molar-refractivity contribution in [3.8, 4) is 34.0 Å². The Kier molecular flexibility index (Phi) is 4.91. The van der Waals surface area contributed by atoms with Crippen LogP contribution in [0.15, 0.2) is 48.5 Å². The largest absolute Gasteiger partial charge is 0.497 e. The molecule has 0 saturated carbocycles. The van der Waals surface area contributed by atoms with Gasteiger partial charge in [-0.05, 0) is 67.1 Å². The summed E-state index contributed by atoms with van der Waals surface area (Å²) in [6, 6.07) is 15.2. The fourth-order valence-electron chi connectivity index (χ4n) is 2.33. The average Bonchev–Trinajstić information content (AvgIpc) is 2.63. The van der Waals surface area contributed by atoms with Crippen LogP contribution in [0.4, 0.5) is 0 Å². The summed E-state index contributed by atoms with van der Waals surface area (Å²) in [5.41, 5.74) is 3.10. The molecule has 2 aromatic carbocycles. The van der Waals surface area contributed by atoms with Crippen molar-refractivity contribution in [3.05, 3.63) is 53.8 Å². The van der Waals surface area contributed by atoms with E-state index in [0.717, 1.165) is 22.6 Å². The summed E-state index contributed by atoms with van der Waals surface area (Å²) in [4.78, 5) is 4.36. The van der Waals surface area contributed by atoms with Gasteiger partial charge in [0.05, 0.1) is 13.7 Å². The predicted molar refractivity (Wildman–Crippen MR) is 93.4 cm³/mol. The SMILES string of the molecule is CCOc1ccc(-c2nc(Cl)nnc2-c2ccc(OC)cc2)cc1. The Labute approximate surface area is 145 Å². The minimum Gasteiger partial charge on any atom is -0.497 e. The standard InChI is InChI=1S/C18H16ClN3O2/c1-3-24-15-10-6-12(7-11-15)16-17(21-22-18(19)20-16)13-4-8-14(23-2)9-5-13/h4-11H,3H2,1-2H3. The van der Waals surface area contributed by atoms with E-state index in [1.165, 1.54) is 0 Å². The first-order valence-corrected chi connectivity index (χ1v) is 7.87. The molecule has 0 saturated heterocycles. The number of ether oxygens (including phenoxy) is 2. The van der Waals surface area contributed by atoms with Crippen LogP contribution in [-0.4, -0.2) is 28.9 Å². The van der Waals surface area contributed by atoms with Crippen molar-refractivity contribution in [1.29, 1.82) is 0 Å². The highest BCUT2D eigenvalue weighted by Gasteiger charge is 2.13. The van der Waals surface area contributed by atoms with E-state index in [-0.39, 0.29) is 5.28 Å². The van der Waals surface area contributed by atoms with Crippen molar-refractivity contribution in [1.82, 2.24) is 15.2 Å². The molecule has 122 valence electrons. The minimum atomic E-state index is 0.108. The predicted octanol–water partition coefficient (Wildman–Crippen LogP) is 4.27. The molecule has 1 heterocycles. The molecule has 0 bridgehead atoms. The van der Waals surface area contributed by atoms with Gasteiger partial charge >= 0.3 is 0 Å². The maximum absolute atomic E-state index is 5.95. The summed E-state index contributed by atoms with van der Waals surface area (Å²) in [5, 5.41) is 8.21. The maximum atomic E-state index is 5.95. The van der Waals surface area contributed by atoms with Crippen LogP contribution in [0, 0.1) is 0 Å². The van der Waals surface area contributed by atoms with Gasteiger partial charge in [0, 0.05) is 11.1 Å². The van der Waals surface area contributed by atoms with Crippen LogP contribution in [0.1, 0.15) is 6.92 Å². The summed E-state index contributed by atoms with van der Waals surface area (Å²) in [5.74, 6) is 1.58. The molecule has 0 spiro atoms. The first-order valence-electron chi connectivity index (χ1n) is 7.49. The van der Waals surface area contributed by atoms with Gasteiger partial charge in [0.2, 0.25) is 5.28 Å². The second kappa shape index (κ2) is 7.27. The fraction of sp³-hybridized carbons (Fsp3) is 0.167. The van der Waals surface area contributed by atoms with Crippen molar-refractivity contribution in [3.63, 3.8) is 0 Å². The van der Waals surface area contributed by atoms with E-state index >= 15 is 0 Å². The average molecular weight is 342 g/mol. The maximum Gasteiger partial charge on any atom is 0.243 e. The lowest BCUT2D eigenvalue weighted by molar-refractivity contribution is 0.340. The number of methoxy groups -OCH3 is 1. The van der Waals surface area contributed by atoms with Gasteiger partial charge in [-0.2, -0.15) is 0 Å². The van der Waals surface area contributed by atoms with Crippen molar-refractivity contribution in [2.45, 2.75) is 6.92 Å². The third kappa shape index (κ3) is 3.46. The number of hydrogen-bond acceptors (Lipinski definition) is 5. The summed E-state index contributed by atoms with van der Waals surface area (Å²) >= 11 is 5.95. The second-order valence-corrected chi connectivity index (χ2v) is 5.30. The highest BCUT2D eigenvalue weighted by Crippen LogP contribution is 2.31. The summed E-state index contributed by atoms with van der Waals surface area (Å²) < 4.78 is 10.7. The van der Waals surface area contributed by atoms with E-state index in [1.54, 1.807) is 7.11 Å². The van der Waals surface area contributed by atoms with Crippen molar-refractivity contribution < 1.29 is 9.47 Å². The normalized spacial score (nSPS) is 10.5. The molecule has 0 aliphatic carbocycles. The smallest absolute Gasteiger partial charge is 0.243 e. The molecule has 24 heavy (non-hydrogen) atoms. The van der Waals surface area contributed by atoms with Gasteiger partial charge in [-0.1, -0.05) is 0 Å². The third-order valence-electron chi connectivity index (χ3n) is 3.46. The lowest BCUT2D eigenvalue weighted by atomic mass is 10.0. The third-order valence-corrected chi connectivity index (χ3v) is 3.62. The Morgan fingerprint density at radius 2 is 1.42 bits per heavy atom. The molecule has 3 aromatic rings. The van der Waals surface area contributed by atoms with Crippen LogP contribution in [0.5, 0.6) is 11.5 Å². The number of halogens is 1. The van der Waals surface area contributed by atoms with Crippen molar-refractivity contribution in [2.24, 2.45) is 0 Å². The van der Waals surface area contributed by atoms with Gasteiger partial charge in [0.25, 0.3) is 0 Å². The van der Waals surface area contributed by atoms with E-state index in [9.17, 15) is 0 Å². The lowest BCUT2D eigenvalue weighted by Gasteiger charge is -2.09. The number of nitrogens with zero attached hydrogens (tertiary/aromatic N) is 3. The molecular formula is C18H16ClN3O2. The first-order chi connectivity index (χ1) is 11.7.